The Balaban J connectivity index is 1.71. The number of rotatable bonds is 4. The summed E-state index contributed by atoms with van der Waals surface area (Å²) in [6.07, 6.45) is -2.24. The molecule has 0 saturated carbocycles. The molecule has 5 nitrogen and oxygen atoms in total. The van der Waals surface area contributed by atoms with Crippen molar-refractivity contribution >= 4 is 11.8 Å². The average Bonchev–Trinajstić information content (AvgIpc) is 2.86. The molecule has 148 valence electrons. The molecule has 0 aliphatic carbocycles. The SMILES string of the molecule is O=C(NC1CCCCNC1=O)c1cccc(Oc2cccc(C(F)(F)F)c2)c1. The average molecular weight is 392 g/mol. The highest BCUT2D eigenvalue weighted by atomic mass is 19.4. The van der Waals surface area contributed by atoms with E-state index in [0.29, 0.717) is 13.0 Å². The van der Waals surface area contributed by atoms with Gasteiger partial charge in [-0.15, -0.1) is 0 Å². The van der Waals surface area contributed by atoms with E-state index >= 15 is 0 Å². The Morgan fingerprint density at radius 1 is 1.07 bits per heavy atom. The van der Waals surface area contributed by atoms with Gasteiger partial charge in [-0.3, -0.25) is 9.59 Å². The predicted octanol–water partition coefficient (Wildman–Crippen LogP) is 3.90. The zero-order valence-electron chi connectivity index (χ0n) is 14.9. The Bertz CT molecular complexity index is 868. The molecule has 0 radical (unpaired) electrons. The zero-order chi connectivity index (χ0) is 20.1. The third-order valence-electron chi connectivity index (χ3n) is 4.33. The van der Waals surface area contributed by atoms with Crippen LogP contribution in [-0.4, -0.2) is 24.4 Å². The fraction of sp³-hybridized carbons (Fsp3) is 0.300. The molecule has 3 rings (SSSR count). The van der Waals surface area contributed by atoms with Crippen LogP contribution in [0.2, 0.25) is 0 Å². The smallest absolute Gasteiger partial charge is 0.416 e. The molecule has 0 spiro atoms. The Hall–Kier alpha value is -3.03. The quantitative estimate of drug-likeness (QED) is 0.830. The van der Waals surface area contributed by atoms with Gasteiger partial charge in [0, 0.05) is 12.1 Å². The lowest BCUT2D eigenvalue weighted by molar-refractivity contribution is -0.137. The molecule has 8 heteroatoms. The first-order chi connectivity index (χ1) is 13.3. The summed E-state index contributed by atoms with van der Waals surface area (Å²) in [6.45, 7) is 0.589. The third-order valence-corrected chi connectivity index (χ3v) is 4.33. The molecule has 1 heterocycles. The van der Waals surface area contributed by atoms with E-state index in [-0.39, 0.29) is 23.0 Å². The highest BCUT2D eigenvalue weighted by molar-refractivity contribution is 5.97. The van der Waals surface area contributed by atoms with E-state index < -0.39 is 23.7 Å². The van der Waals surface area contributed by atoms with Gasteiger partial charge in [0.15, 0.2) is 0 Å². The standard InChI is InChI=1S/C20H19F3N2O3/c21-20(22,23)14-6-4-8-16(12-14)28-15-7-3-5-13(11-15)18(26)25-17-9-1-2-10-24-19(17)27/h3-8,11-12,17H,1-2,9-10H2,(H,24,27)(H,25,26). The number of hydrogen-bond acceptors (Lipinski definition) is 3. The van der Waals surface area contributed by atoms with Crippen molar-refractivity contribution < 1.29 is 27.5 Å². The van der Waals surface area contributed by atoms with Crippen LogP contribution < -0.4 is 15.4 Å². The van der Waals surface area contributed by atoms with E-state index in [1.165, 1.54) is 24.3 Å². The molecule has 1 saturated heterocycles. The van der Waals surface area contributed by atoms with Gasteiger partial charge in [-0.1, -0.05) is 12.1 Å². The maximum absolute atomic E-state index is 12.8. The van der Waals surface area contributed by atoms with Gasteiger partial charge in [-0.2, -0.15) is 13.2 Å². The first-order valence-corrected chi connectivity index (χ1v) is 8.87. The molecule has 0 bridgehead atoms. The number of ether oxygens (including phenoxy) is 1. The Morgan fingerprint density at radius 3 is 2.54 bits per heavy atom. The number of alkyl halides is 3. The van der Waals surface area contributed by atoms with Gasteiger partial charge in [0.05, 0.1) is 5.56 Å². The van der Waals surface area contributed by atoms with Gasteiger partial charge in [0.2, 0.25) is 5.91 Å². The molecule has 1 unspecified atom stereocenters. The zero-order valence-corrected chi connectivity index (χ0v) is 14.9. The number of amides is 2. The van der Waals surface area contributed by atoms with Crippen LogP contribution in [0.15, 0.2) is 48.5 Å². The molecule has 2 aromatic carbocycles. The number of halogens is 3. The molecule has 1 atom stereocenters. The Morgan fingerprint density at radius 2 is 1.79 bits per heavy atom. The lowest BCUT2D eigenvalue weighted by Gasteiger charge is -2.15. The lowest BCUT2D eigenvalue weighted by atomic mass is 10.1. The fourth-order valence-corrected chi connectivity index (χ4v) is 2.89. The van der Waals surface area contributed by atoms with Crippen molar-refractivity contribution in [2.24, 2.45) is 0 Å². The molecule has 1 fully saturated rings. The van der Waals surface area contributed by atoms with Crippen LogP contribution in [0.5, 0.6) is 11.5 Å². The van der Waals surface area contributed by atoms with E-state index in [1.54, 1.807) is 12.1 Å². The normalized spacial score (nSPS) is 17.4. The summed E-state index contributed by atoms with van der Waals surface area (Å²) in [5.41, 5.74) is -0.570. The van der Waals surface area contributed by atoms with Gasteiger partial charge in [0.1, 0.15) is 17.5 Å². The predicted molar refractivity (Wildman–Crippen MR) is 96.1 cm³/mol. The summed E-state index contributed by atoms with van der Waals surface area (Å²) >= 11 is 0. The number of nitrogens with one attached hydrogen (secondary N) is 2. The van der Waals surface area contributed by atoms with Crippen LogP contribution in [0.3, 0.4) is 0 Å². The lowest BCUT2D eigenvalue weighted by Crippen LogP contribution is -2.45. The maximum atomic E-state index is 12.8. The third kappa shape index (κ3) is 5.03. The van der Waals surface area contributed by atoms with Crippen LogP contribution in [0.4, 0.5) is 13.2 Å². The summed E-state index contributed by atoms with van der Waals surface area (Å²) in [4.78, 5) is 24.4. The second-order valence-corrected chi connectivity index (χ2v) is 6.47. The van der Waals surface area contributed by atoms with Crippen molar-refractivity contribution in [2.75, 3.05) is 6.54 Å². The number of carbonyl (C=O) groups is 2. The van der Waals surface area contributed by atoms with E-state index in [4.69, 9.17) is 4.74 Å². The van der Waals surface area contributed by atoms with Gasteiger partial charge < -0.3 is 15.4 Å². The first-order valence-electron chi connectivity index (χ1n) is 8.87. The van der Waals surface area contributed by atoms with Crippen LogP contribution in [0.25, 0.3) is 0 Å². The number of carbonyl (C=O) groups excluding carboxylic acids is 2. The van der Waals surface area contributed by atoms with Crippen molar-refractivity contribution in [3.8, 4) is 11.5 Å². The Labute approximate surface area is 159 Å². The topological polar surface area (TPSA) is 67.4 Å². The summed E-state index contributed by atoms with van der Waals surface area (Å²) in [5, 5.41) is 5.43. The first kappa shape index (κ1) is 19.7. The summed E-state index contributed by atoms with van der Waals surface area (Å²) in [6, 6.07) is 9.95. The maximum Gasteiger partial charge on any atom is 0.416 e. The molecule has 28 heavy (non-hydrogen) atoms. The van der Waals surface area contributed by atoms with Gasteiger partial charge >= 0.3 is 6.18 Å². The molecule has 1 aliphatic heterocycles. The Kier molecular flexibility index (Phi) is 5.87. The van der Waals surface area contributed by atoms with Crippen LogP contribution in [-0.2, 0) is 11.0 Å². The molecular weight excluding hydrogens is 373 g/mol. The molecule has 1 aliphatic rings. The molecule has 2 N–H and O–H groups in total. The van der Waals surface area contributed by atoms with Crippen molar-refractivity contribution in [1.82, 2.24) is 10.6 Å². The summed E-state index contributed by atoms with van der Waals surface area (Å²) < 4.78 is 43.9. The van der Waals surface area contributed by atoms with Gasteiger partial charge in [-0.05, 0) is 55.7 Å². The number of benzene rings is 2. The molecule has 0 aromatic heterocycles. The van der Waals surface area contributed by atoms with E-state index in [0.717, 1.165) is 25.0 Å². The highest BCUT2D eigenvalue weighted by Crippen LogP contribution is 2.32. The van der Waals surface area contributed by atoms with Crippen molar-refractivity contribution in [3.05, 3.63) is 59.7 Å². The minimum absolute atomic E-state index is 0.00975. The number of hydrogen-bond donors (Lipinski definition) is 2. The van der Waals surface area contributed by atoms with Gasteiger partial charge in [-0.25, -0.2) is 0 Å². The largest absolute Gasteiger partial charge is 0.457 e. The molecule has 2 amide bonds. The van der Waals surface area contributed by atoms with E-state index in [9.17, 15) is 22.8 Å². The van der Waals surface area contributed by atoms with Crippen LogP contribution in [0.1, 0.15) is 35.2 Å². The highest BCUT2D eigenvalue weighted by Gasteiger charge is 2.30. The summed E-state index contributed by atoms with van der Waals surface area (Å²) in [7, 11) is 0. The second kappa shape index (κ2) is 8.33. The van der Waals surface area contributed by atoms with E-state index in [1.807, 2.05) is 0 Å². The summed E-state index contributed by atoms with van der Waals surface area (Å²) in [5.74, 6) is -0.438. The minimum atomic E-state index is -4.47. The van der Waals surface area contributed by atoms with Crippen LogP contribution in [0, 0.1) is 0 Å². The van der Waals surface area contributed by atoms with Crippen molar-refractivity contribution in [1.29, 1.82) is 0 Å². The van der Waals surface area contributed by atoms with Gasteiger partial charge in [0.25, 0.3) is 5.91 Å². The van der Waals surface area contributed by atoms with E-state index in [2.05, 4.69) is 10.6 Å². The minimum Gasteiger partial charge on any atom is -0.457 e. The van der Waals surface area contributed by atoms with Crippen LogP contribution >= 0.6 is 0 Å². The molecule has 2 aromatic rings. The second-order valence-electron chi connectivity index (χ2n) is 6.47. The molecular formula is C20H19F3N2O3. The van der Waals surface area contributed by atoms with Crippen molar-refractivity contribution in [3.63, 3.8) is 0 Å². The van der Waals surface area contributed by atoms with Crippen molar-refractivity contribution in [2.45, 2.75) is 31.5 Å². The fourth-order valence-electron chi connectivity index (χ4n) is 2.89. The monoisotopic (exact) mass is 392 g/mol.